The third-order valence-corrected chi connectivity index (χ3v) is 7.06. The van der Waals surface area contributed by atoms with Crippen molar-refractivity contribution < 1.29 is 18.0 Å². The molecule has 2 aromatic rings. The molecule has 0 radical (unpaired) electrons. The lowest BCUT2D eigenvalue weighted by Gasteiger charge is -2.34. The predicted molar refractivity (Wildman–Crippen MR) is 145 cm³/mol. The molecule has 34 heavy (non-hydrogen) atoms. The molecule has 1 atom stereocenters. The molecule has 1 N–H and O–H groups in total. The van der Waals surface area contributed by atoms with E-state index in [0.29, 0.717) is 17.1 Å². The number of rotatable bonds is 9. The van der Waals surface area contributed by atoms with Crippen molar-refractivity contribution >= 4 is 61.7 Å². The lowest BCUT2D eigenvalue weighted by atomic mass is 10.1. The molecule has 186 valence electrons. The van der Waals surface area contributed by atoms with Gasteiger partial charge in [0.1, 0.15) is 12.6 Å². The van der Waals surface area contributed by atoms with Crippen LogP contribution in [-0.2, 0) is 26.2 Å². The first-order chi connectivity index (χ1) is 15.7. The van der Waals surface area contributed by atoms with Crippen LogP contribution >= 0.6 is 34.2 Å². The molecule has 0 saturated heterocycles. The average Bonchev–Trinajstić information content (AvgIpc) is 2.72. The van der Waals surface area contributed by atoms with Crippen LogP contribution in [0.4, 0.5) is 5.69 Å². The number of carbonyl (C=O) groups excluding carboxylic acids is 2. The summed E-state index contributed by atoms with van der Waals surface area (Å²) in [4.78, 5) is 28.1. The van der Waals surface area contributed by atoms with Crippen LogP contribution in [0.2, 0.25) is 5.02 Å². The largest absolute Gasteiger partial charge is 0.350 e. The van der Waals surface area contributed by atoms with Gasteiger partial charge in [-0.2, -0.15) is 0 Å². The van der Waals surface area contributed by atoms with Gasteiger partial charge in [0.05, 0.1) is 11.9 Å². The van der Waals surface area contributed by atoms with Crippen molar-refractivity contribution in [2.24, 2.45) is 0 Å². The third-order valence-electron chi connectivity index (χ3n) is 4.94. The van der Waals surface area contributed by atoms with Gasteiger partial charge >= 0.3 is 0 Å². The first-order valence-electron chi connectivity index (χ1n) is 10.8. The Kier molecular flexibility index (Phi) is 9.79. The number of nitrogens with zero attached hydrogens (tertiary/aromatic N) is 2. The van der Waals surface area contributed by atoms with Crippen LogP contribution in [0.15, 0.2) is 48.5 Å². The standard InChI is InChI=1S/C24H31ClIN3O4S/c1-6-21(23(31)27-24(2,3)4)28(15-17-7-9-18(25)10-8-17)22(30)16-29(34(5,32)33)20-13-11-19(26)12-14-20/h7-14,21H,6,15-16H2,1-5H3,(H,27,31). The zero-order valence-electron chi connectivity index (χ0n) is 20.0. The maximum Gasteiger partial charge on any atom is 0.244 e. The topological polar surface area (TPSA) is 86.8 Å². The molecule has 2 amide bonds. The fraction of sp³-hybridized carbons (Fsp3) is 0.417. The molecule has 2 aromatic carbocycles. The molecule has 0 bridgehead atoms. The van der Waals surface area contributed by atoms with E-state index in [9.17, 15) is 18.0 Å². The van der Waals surface area contributed by atoms with Gasteiger partial charge in [-0.3, -0.25) is 13.9 Å². The molecule has 1 unspecified atom stereocenters. The summed E-state index contributed by atoms with van der Waals surface area (Å²) < 4.78 is 27.2. The van der Waals surface area contributed by atoms with Gasteiger partial charge in [-0.1, -0.05) is 30.7 Å². The number of amides is 2. The van der Waals surface area contributed by atoms with Crippen LogP contribution in [0.1, 0.15) is 39.7 Å². The number of anilines is 1. The summed E-state index contributed by atoms with van der Waals surface area (Å²) in [5, 5.41) is 3.49. The van der Waals surface area contributed by atoms with E-state index in [4.69, 9.17) is 11.6 Å². The van der Waals surface area contributed by atoms with Crippen molar-refractivity contribution in [3.63, 3.8) is 0 Å². The van der Waals surface area contributed by atoms with Gasteiger partial charge in [0.25, 0.3) is 0 Å². The van der Waals surface area contributed by atoms with E-state index in [2.05, 4.69) is 27.9 Å². The van der Waals surface area contributed by atoms with Gasteiger partial charge < -0.3 is 10.2 Å². The van der Waals surface area contributed by atoms with E-state index >= 15 is 0 Å². The third kappa shape index (κ3) is 8.42. The molecule has 0 saturated carbocycles. The number of halogens is 2. The van der Waals surface area contributed by atoms with Crippen LogP contribution < -0.4 is 9.62 Å². The van der Waals surface area contributed by atoms with E-state index in [0.717, 1.165) is 19.7 Å². The quantitative estimate of drug-likeness (QED) is 0.421. The van der Waals surface area contributed by atoms with Crippen molar-refractivity contribution in [1.29, 1.82) is 0 Å². The second kappa shape index (κ2) is 11.7. The Balaban J connectivity index is 2.43. The maximum atomic E-state index is 13.6. The zero-order chi connectivity index (χ0) is 25.7. The number of benzene rings is 2. The first kappa shape index (κ1) is 28.4. The zero-order valence-corrected chi connectivity index (χ0v) is 23.7. The SMILES string of the molecule is CCC(C(=O)NC(C)(C)C)N(Cc1ccc(Cl)cc1)C(=O)CN(c1ccc(I)cc1)S(C)(=O)=O. The molecule has 0 aliphatic carbocycles. The number of sulfonamides is 1. The fourth-order valence-corrected chi connectivity index (χ4v) is 4.72. The molecular formula is C24H31ClIN3O4S. The molecule has 0 aromatic heterocycles. The molecule has 0 aliphatic heterocycles. The summed E-state index contributed by atoms with van der Waals surface area (Å²) >= 11 is 8.13. The van der Waals surface area contributed by atoms with Gasteiger partial charge in [-0.05, 0) is 91.7 Å². The highest BCUT2D eigenvalue weighted by Gasteiger charge is 2.33. The second-order valence-corrected chi connectivity index (χ2v) is 12.6. The minimum atomic E-state index is -3.75. The van der Waals surface area contributed by atoms with Gasteiger partial charge in [0, 0.05) is 20.7 Å². The Labute approximate surface area is 221 Å². The maximum absolute atomic E-state index is 13.6. The predicted octanol–water partition coefficient (Wildman–Crippen LogP) is 4.43. The second-order valence-electron chi connectivity index (χ2n) is 9.06. The summed E-state index contributed by atoms with van der Waals surface area (Å²) in [5.74, 6) is -0.771. The molecule has 0 aliphatic rings. The Morgan fingerprint density at radius 3 is 2.09 bits per heavy atom. The van der Waals surface area contributed by atoms with Gasteiger partial charge in [-0.15, -0.1) is 0 Å². The highest BCUT2D eigenvalue weighted by Crippen LogP contribution is 2.21. The van der Waals surface area contributed by atoms with Crippen molar-refractivity contribution in [1.82, 2.24) is 10.2 Å². The number of hydrogen-bond acceptors (Lipinski definition) is 4. The highest BCUT2D eigenvalue weighted by molar-refractivity contribution is 14.1. The van der Waals surface area contributed by atoms with Gasteiger partial charge in [0.15, 0.2) is 0 Å². The van der Waals surface area contributed by atoms with Crippen LogP contribution in [0.25, 0.3) is 0 Å². The highest BCUT2D eigenvalue weighted by atomic mass is 127. The first-order valence-corrected chi connectivity index (χ1v) is 14.1. The molecule has 0 spiro atoms. The molecule has 7 nitrogen and oxygen atoms in total. The smallest absolute Gasteiger partial charge is 0.244 e. The van der Waals surface area contributed by atoms with Crippen LogP contribution in [0.5, 0.6) is 0 Å². The Hall–Kier alpha value is -1.85. The van der Waals surface area contributed by atoms with Crippen molar-refractivity contribution in [3.8, 4) is 0 Å². The van der Waals surface area contributed by atoms with E-state index in [1.54, 1.807) is 48.5 Å². The van der Waals surface area contributed by atoms with Crippen LogP contribution in [0.3, 0.4) is 0 Å². The summed E-state index contributed by atoms with van der Waals surface area (Å²) in [7, 11) is -3.75. The van der Waals surface area contributed by atoms with Crippen molar-refractivity contribution in [3.05, 3.63) is 62.7 Å². The van der Waals surface area contributed by atoms with E-state index in [-0.39, 0.29) is 12.5 Å². The molecular weight excluding hydrogens is 589 g/mol. The van der Waals surface area contributed by atoms with Crippen molar-refractivity contribution in [2.75, 3.05) is 17.1 Å². The summed E-state index contributed by atoms with van der Waals surface area (Å²) in [5.41, 5.74) is 0.675. The van der Waals surface area contributed by atoms with E-state index in [1.165, 1.54) is 4.90 Å². The lowest BCUT2D eigenvalue weighted by Crippen LogP contribution is -2.55. The Morgan fingerprint density at radius 1 is 1.06 bits per heavy atom. The number of hydrogen-bond donors (Lipinski definition) is 1. The van der Waals surface area contributed by atoms with Crippen LogP contribution in [-0.4, -0.2) is 49.5 Å². The Morgan fingerprint density at radius 2 is 1.62 bits per heavy atom. The van der Waals surface area contributed by atoms with Crippen LogP contribution in [0, 0.1) is 3.57 Å². The molecule has 2 rings (SSSR count). The number of carbonyl (C=O) groups is 2. The molecule has 0 heterocycles. The Bertz CT molecular complexity index is 1100. The minimum Gasteiger partial charge on any atom is -0.350 e. The van der Waals surface area contributed by atoms with E-state index < -0.39 is 34.1 Å². The monoisotopic (exact) mass is 619 g/mol. The summed E-state index contributed by atoms with van der Waals surface area (Å²) in [6.07, 6.45) is 1.43. The lowest BCUT2D eigenvalue weighted by molar-refractivity contribution is -0.141. The van der Waals surface area contributed by atoms with Gasteiger partial charge in [-0.25, -0.2) is 8.42 Å². The summed E-state index contributed by atoms with van der Waals surface area (Å²) in [6, 6.07) is 13.1. The molecule has 10 heteroatoms. The van der Waals surface area contributed by atoms with Crippen molar-refractivity contribution in [2.45, 2.75) is 52.2 Å². The van der Waals surface area contributed by atoms with E-state index in [1.807, 2.05) is 27.7 Å². The summed E-state index contributed by atoms with van der Waals surface area (Å²) in [6.45, 7) is 7.13. The number of nitrogens with one attached hydrogen (secondary N) is 1. The fourth-order valence-electron chi connectivity index (χ4n) is 3.38. The minimum absolute atomic E-state index is 0.135. The van der Waals surface area contributed by atoms with Gasteiger partial charge in [0.2, 0.25) is 21.8 Å². The average molecular weight is 620 g/mol. The molecule has 0 fully saturated rings. The normalized spacial score (nSPS) is 12.7.